The van der Waals surface area contributed by atoms with Crippen LogP contribution in [0.1, 0.15) is 42.6 Å². The molecule has 4 rings (SSSR count). The molecule has 0 radical (unpaired) electrons. The van der Waals surface area contributed by atoms with Crippen LogP contribution in [0, 0.1) is 6.92 Å². The molecule has 1 aliphatic rings. The Morgan fingerprint density at radius 2 is 2.00 bits per heavy atom. The molecule has 2 aromatic heterocycles. The first-order chi connectivity index (χ1) is 14.4. The van der Waals surface area contributed by atoms with Crippen molar-refractivity contribution in [1.82, 2.24) is 14.7 Å². The number of carbonyl (C=O) groups excluding carboxylic acids is 1. The molecule has 1 saturated carbocycles. The van der Waals surface area contributed by atoms with Crippen LogP contribution in [-0.2, 0) is 0 Å². The lowest BCUT2D eigenvalue weighted by atomic mass is 9.96. The number of carbonyl (C=O) groups is 1. The van der Waals surface area contributed by atoms with Gasteiger partial charge in [-0.3, -0.25) is 4.79 Å². The van der Waals surface area contributed by atoms with Crippen molar-refractivity contribution in [3.8, 4) is 22.3 Å². The molecule has 1 aromatic carbocycles. The molecule has 156 valence electrons. The fraction of sp³-hybridized carbons (Fsp3) is 0.348. The predicted molar refractivity (Wildman–Crippen MR) is 121 cm³/mol. The Balaban J connectivity index is 1.74. The minimum Gasteiger partial charge on any atom is -0.394 e. The van der Waals surface area contributed by atoms with E-state index in [1.165, 1.54) is 11.5 Å². The monoisotopic (exact) mass is 422 g/mol. The molecule has 2 heterocycles. The number of aryl methyl sites for hydroxylation is 1. The molecule has 0 unspecified atom stereocenters. The van der Waals surface area contributed by atoms with E-state index in [0.29, 0.717) is 17.4 Å². The number of nitrogens with one attached hydrogen (secondary N) is 2. The van der Waals surface area contributed by atoms with Crippen molar-refractivity contribution in [1.29, 1.82) is 0 Å². The van der Waals surface area contributed by atoms with Gasteiger partial charge in [0.1, 0.15) is 5.82 Å². The third kappa shape index (κ3) is 4.52. The minimum atomic E-state index is -0.510. The van der Waals surface area contributed by atoms with Crippen LogP contribution in [0.15, 0.2) is 42.0 Å². The van der Waals surface area contributed by atoms with Gasteiger partial charge in [0.05, 0.1) is 12.1 Å². The Bertz CT molecular complexity index is 1060. The summed E-state index contributed by atoms with van der Waals surface area (Å²) in [6.07, 6.45) is 5.75. The van der Waals surface area contributed by atoms with Gasteiger partial charge in [-0.1, -0.05) is 6.07 Å². The lowest BCUT2D eigenvalue weighted by molar-refractivity contribution is 0.0951. The number of aliphatic hydroxyl groups excluding tert-OH is 1. The second-order valence-corrected chi connectivity index (χ2v) is 9.14. The summed E-state index contributed by atoms with van der Waals surface area (Å²) < 4.78 is 4.23. The number of amides is 1. The van der Waals surface area contributed by atoms with E-state index in [1.807, 2.05) is 56.7 Å². The van der Waals surface area contributed by atoms with Crippen LogP contribution in [0.2, 0.25) is 0 Å². The Morgan fingerprint density at radius 3 is 2.67 bits per heavy atom. The number of pyridine rings is 1. The van der Waals surface area contributed by atoms with Crippen LogP contribution in [0.4, 0.5) is 5.82 Å². The van der Waals surface area contributed by atoms with Gasteiger partial charge in [0.25, 0.3) is 5.91 Å². The van der Waals surface area contributed by atoms with Crippen molar-refractivity contribution >= 4 is 23.3 Å². The molecule has 0 saturated heterocycles. The van der Waals surface area contributed by atoms with Crippen molar-refractivity contribution in [2.45, 2.75) is 45.2 Å². The quantitative estimate of drug-likeness (QED) is 0.530. The number of rotatable bonds is 7. The zero-order valence-electron chi connectivity index (χ0n) is 17.4. The van der Waals surface area contributed by atoms with Gasteiger partial charge in [0.2, 0.25) is 0 Å². The molecular formula is C23H26N4O2S. The molecule has 0 atom stereocenters. The Labute approximate surface area is 180 Å². The topological polar surface area (TPSA) is 87.1 Å². The van der Waals surface area contributed by atoms with Gasteiger partial charge in [-0.2, -0.15) is 0 Å². The summed E-state index contributed by atoms with van der Waals surface area (Å²) in [5.74, 6) is 0.662. The van der Waals surface area contributed by atoms with E-state index in [-0.39, 0.29) is 12.5 Å². The highest BCUT2D eigenvalue weighted by Gasteiger charge is 2.24. The molecule has 0 aliphatic heterocycles. The van der Waals surface area contributed by atoms with Crippen LogP contribution in [0.5, 0.6) is 0 Å². The second kappa shape index (κ2) is 8.16. The average Bonchev–Trinajstić information content (AvgIpc) is 3.37. The molecule has 0 bridgehead atoms. The lowest BCUT2D eigenvalue weighted by Crippen LogP contribution is -2.35. The van der Waals surface area contributed by atoms with Crippen molar-refractivity contribution < 1.29 is 9.90 Å². The van der Waals surface area contributed by atoms with Crippen molar-refractivity contribution in [3.63, 3.8) is 0 Å². The molecule has 6 nitrogen and oxygen atoms in total. The van der Waals surface area contributed by atoms with E-state index in [4.69, 9.17) is 0 Å². The highest BCUT2D eigenvalue weighted by molar-refractivity contribution is 7.03. The van der Waals surface area contributed by atoms with Gasteiger partial charge in [0, 0.05) is 46.1 Å². The number of hydrogen-bond acceptors (Lipinski definition) is 6. The molecule has 1 amide bonds. The number of aliphatic hydroxyl groups is 1. The van der Waals surface area contributed by atoms with Gasteiger partial charge < -0.3 is 15.7 Å². The van der Waals surface area contributed by atoms with Crippen molar-refractivity contribution in [3.05, 3.63) is 53.2 Å². The first-order valence-electron chi connectivity index (χ1n) is 10.1. The Kier molecular flexibility index (Phi) is 5.58. The molecule has 0 spiro atoms. The molecule has 3 aromatic rings. The van der Waals surface area contributed by atoms with Gasteiger partial charge in [-0.05, 0) is 74.5 Å². The van der Waals surface area contributed by atoms with Crippen LogP contribution >= 0.6 is 11.5 Å². The minimum absolute atomic E-state index is 0.0188. The van der Waals surface area contributed by atoms with E-state index in [2.05, 4.69) is 26.1 Å². The summed E-state index contributed by atoms with van der Waals surface area (Å²) >= 11 is 1.38. The van der Waals surface area contributed by atoms with Gasteiger partial charge in [0.15, 0.2) is 0 Å². The maximum atomic E-state index is 12.5. The van der Waals surface area contributed by atoms with Crippen LogP contribution in [-0.4, -0.2) is 38.6 Å². The lowest BCUT2D eigenvalue weighted by Gasteiger charge is -2.26. The van der Waals surface area contributed by atoms with E-state index >= 15 is 0 Å². The molecule has 1 aliphatic carbocycles. The average molecular weight is 423 g/mol. The maximum Gasteiger partial charge on any atom is 0.251 e. The van der Waals surface area contributed by atoms with E-state index in [9.17, 15) is 9.90 Å². The molecule has 7 heteroatoms. The smallest absolute Gasteiger partial charge is 0.251 e. The van der Waals surface area contributed by atoms with Crippen LogP contribution in [0.25, 0.3) is 22.3 Å². The number of nitrogens with zero attached hydrogens (tertiary/aromatic N) is 2. The van der Waals surface area contributed by atoms with Crippen molar-refractivity contribution in [2.75, 3.05) is 11.9 Å². The zero-order valence-corrected chi connectivity index (χ0v) is 18.2. The summed E-state index contributed by atoms with van der Waals surface area (Å²) in [5.41, 5.74) is 5.01. The molecule has 3 N–H and O–H groups in total. The van der Waals surface area contributed by atoms with E-state index in [1.54, 1.807) is 0 Å². The summed E-state index contributed by atoms with van der Waals surface area (Å²) in [4.78, 5) is 17.2. The normalized spacial score (nSPS) is 13.9. The third-order valence-corrected chi connectivity index (χ3v) is 5.79. The fourth-order valence-corrected chi connectivity index (χ4v) is 3.74. The number of benzene rings is 1. The summed E-state index contributed by atoms with van der Waals surface area (Å²) in [6, 6.07) is 8.17. The largest absolute Gasteiger partial charge is 0.394 e. The first-order valence-corrected chi connectivity index (χ1v) is 10.9. The summed E-state index contributed by atoms with van der Waals surface area (Å²) in [5, 5.41) is 18.0. The fourth-order valence-electron chi connectivity index (χ4n) is 3.20. The maximum absolute atomic E-state index is 12.5. The Morgan fingerprint density at radius 1 is 1.20 bits per heavy atom. The number of anilines is 1. The number of aromatic nitrogens is 2. The predicted octanol–water partition coefficient (Wildman–Crippen LogP) is 4.26. The SMILES string of the molecule is Cc1ccc(C(=O)NC2CC2)cc1-c1cnc(NC(C)(C)CO)c(-c2cnsc2)c1. The van der Waals surface area contributed by atoms with Crippen LogP contribution < -0.4 is 10.6 Å². The van der Waals surface area contributed by atoms with Gasteiger partial charge in [-0.25, -0.2) is 9.36 Å². The third-order valence-electron chi connectivity index (χ3n) is 5.21. The first kappa shape index (κ1) is 20.5. The van der Waals surface area contributed by atoms with Crippen molar-refractivity contribution in [2.24, 2.45) is 0 Å². The van der Waals surface area contributed by atoms with Crippen LogP contribution in [0.3, 0.4) is 0 Å². The molecule has 1 fully saturated rings. The van der Waals surface area contributed by atoms with E-state index in [0.717, 1.165) is 40.7 Å². The molecule has 30 heavy (non-hydrogen) atoms. The Hall–Kier alpha value is -2.77. The standard InChI is InChI=1S/C23H26N4O2S/c1-14-4-5-15(22(29)26-18-6-7-18)8-19(14)16-9-20(17-11-25-30-12-17)21(24-10-16)27-23(2,3)13-28/h4-5,8-12,18,28H,6-7,13H2,1-3H3,(H,24,27)(H,26,29). The summed E-state index contributed by atoms with van der Waals surface area (Å²) in [7, 11) is 0. The van der Waals surface area contributed by atoms with E-state index < -0.39 is 5.54 Å². The highest BCUT2D eigenvalue weighted by Crippen LogP contribution is 2.34. The highest BCUT2D eigenvalue weighted by atomic mass is 32.1. The zero-order chi connectivity index (χ0) is 21.3. The summed E-state index contributed by atoms with van der Waals surface area (Å²) in [6.45, 7) is 5.86. The van der Waals surface area contributed by atoms with Gasteiger partial charge >= 0.3 is 0 Å². The number of hydrogen-bond donors (Lipinski definition) is 3. The molecular weight excluding hydrogens is 396 g/mol. The second-order valence-electron chi connectivity index (χ2n) is 8.48. The van der Waals surface area contributed by atoms with Gasteiger partial charge in [-0.15, -0.1) is 0 Å².